The number of aliphatic hydroxyl groups is 1. The van der Waals surface area contributed by atoms with Gasteiger partial charge in [0.25, 0.3) is 0 Å². The van der Waals surface area contributed by atoms with Crippen LogP contribution in [0.1, 0.15) is 46.5 Å². The fraction of sp³-hybridized carbons (Fsp3) is 0.833. The minimum atomic E-state index is -0.549. The molecule has 1 N–H and O–H groups in total. The van der Waals surface area contributed by atoms with Crippen LogP contribution in [0.25, 0.3) is 0 Å². The van der Waals surface area contributed by atoms with Crippen LogP contribution < -0.4 is 0 Å². The summed E-state index contributed by atoms with van der Waals surface area (Å²) in [4.78, 5) is 15.1. The van der Waals surface area contributed by atoms with E-state index in [9.17, 15) is 9.90 Å². The predicted octanol–water partition coefficient (Wildman–Crippen LogP) is 2.54. The van der Waals surface area contributed by atoms with Gasteiger partial charge in [-0.15, -0.1) is 0 Å². The standard InChI is InChI=1S/C12H21NO3/c1-12(2,3)16-11(15)13-8-9-5-4-6-10(14)7-9/h8-10,14H,4-7H2,1-3H3/t9?,10-/m1/s1. The molecule has 0 heterocycles. The Kier molecular flexibility index (Phi) is 4.47. The molecule has 1 saturated carbocycles. The van der Waals surface area contributed by atoms with Crippen LogP contribution in [0.15, 0.2) is 4.99 Å². The van der Waals surface area contributed by atoms with Gasteiger partial charge in [0.05, 0.1) is 6.10 Å². The predicted molar refractivity (Wildman–Crippen MR) is 62.7 cm³/mol. The third-order valence-corrected chi connectivity index (χ3v) is 2.47. The van der Waals surface area contributed by atoms with E-state index < -0.39 is 11.7 Å². The van der Waals surface area contributed by atoms with Crippen molar-refractivity contribution in [2.24, 2.45) is 10.9 Å². The summed E-state index contributed by atoms with van der Waals surface area (Å²) >= 11 is 0. The first-order valence-electron chi connectivity index (χ1n) is 5.82. The molecule has 0 bridgehead atoms. The van der Waals surface area contributed by atoms with Crippen molar-refractivity contribution in [2.45, 2.75) is 58.2 Å². The second-order valence-electron chi connectivity index (χ2n) is 5.34. The van der Waals surface area contributed by atoms with Crippen molar-refractivity contribution in [3.8, 4) is 0 Å². The van der Waals surface area contributed by atoms with Crippen molar-refractivity contribution < 1.29 is 14.6 Å². The molecule has 0 aromatic rings. The van der Waals surface area contributed by atoms with E-state index in [2.05, 4.69) is 4.99 Å². The number of hydrogen-bond donors (Lipinski definition) is 1. The topological polar surface area (TPSA) is 58.9 Å². The van der Waals surface area contributed by atoms with Crippen LogP contribution in [0.2, 0.25) is 0 Å². The molecule has 0 saturated heterocycles. The minimum Gasteiger partial charge on any atom is -0.442 e. The van der Waals surface area contributed by atoms with E-state index in [0.29, 0.717) is 6.42 Å². The van der Waals surface area contributed by atoms with Gasteiger partial charge in [-0.1, -0.05) is 6.42 Å². The van der Waals surface area contributed by atoms with Crippen LogP contribution in [-0.4, -0.2) is 29.1 Å². The molecule has 4 nitrogen and oxygen atoms in total. The van der Waals surface area contributed by atoms with Gasteiger partial charge >= 0.3 is 6.09 Å². The van der Waals surface area contributed by atoms with Gasteiger partial charge in [0.2, 0.25) is 0 Å². The van der Waals surface area contributed by atoms with Crippen molar-refractivity contribution >= 4 is 12.3 Å². The molecule has 1 rings (SSSR count). The average Bonchev–Trinajstić information content (AvgIpc) is 2.12. The zero-order chi connectivity index (χ0) is 12.2. The number of aliphatic hydroxyl groups excluding tert-OH is 1. The van der Waals surface area contributed by atoms with Crippen LogP contribution >= 0.6 is 0 Å². The summed E-state index contributed by atoms with van der Waals surface area (Å²) < 4.78 is 5.06. The highest BCUT2D eigenvalue weighted by atomic mass is 16.6. The second kappa shape index (κ2) is 5.43. The van der Waals surface area contributed by atoms with Gasteiger partial charge in [0.15, 0.2) is 0 Å². The van der Waals surface area contributed by atoms with Crippen molar-refractivity contribution in [1.29, 1.82) is 0 Å². The van der Waals surface area contributed by atoms with E-state index in [-0.39, 0.29) is 12.0 Å². The summed E-state index contributed by atoms with van der Waals surface area (Å²) in [5.74, 6) is 0.205. The summed E-state index contributed by atoms with van der Waals surface area (Å²) in [6, 6.07) is 0. The van der Waals surface area contributed by atoms with Gasteiger partial charge in [0.1, 0.15) is 5.60 Å². The van der Waals surface area contributed by atoms with E-state index in [1.807, 2.05) is 20.8 Å². The summed E-state index contributed by atoms with van der Waals surface area (Å²) in [6.07, 6.45) is 4.37. The fourth-order valence-corrected chi connectivity index (χ4v) is 1.79. The van der Waals surface area contributed by atoms with Crippen molar-refractivity contribution in [1.82, 2.24) is 0 Å². The molecular formula is C12H21NO3. The zero-order valence-electron chi connectivity index (χ0n) is 10.3. The molecule has 1 amide bonds. The average molecular weight is 227 g/mol. The number of hydrogen-bond acceptors (Lipinski definition) is 3. The van der Waals surface area contributed by atoms with Crippen LogP contribution in [0, 0.1) is 5.92 Å². The van der Waals surface area contributed by atoms with Crippen molar-refractivity contribution in [3.63, 3.8) is 0 Å². The van der Waals surface area contributed by atoms with Gasteiger partial charge in [-0.3, -0.25) is 0 Å². The maximum absolute atomic E-state index is 11.3. The quantitative estimate of drug-likeness (QED) is 0.700. The first-order chi connectivity index (χ1) is 7.37. The van der Waals surface area contributed by atoms with E-state index in [0.717, 1.165) is 19.3 Å². The van der Waals surface area contributed by atoms with E-state index in [4.69, 9.17) is 4.74 Å². The first-order valence-corrected chi connectivity index (χ1v) is 5.82. The Morgan fingerprint density at radius 1 is 1.44 bits per heavy atom. The van der Waals surface area contributed by atoms with E-state index in [1.54, 1.807) is 6.21 Å². The molecule has 1 aliphatic carbocycles. The third kappa shape index (κ3) is 5.26. The third-order valence-electron chi connectivity index (χ3n) is 2.47. The number of carbonyl (C=O) groups excluding carboxylic acids is 1. The summed E-state index contributed by atoms with van der Waals surface area (Å²) in [7, 11) is 0. The zero-order valence-corrected chi connectivity index (χ0v) is 10.3. The lowest BCUT2D eigenvalue weighted by molar-refractivity contribution is 0.0602. The molecule has 1 aliphatic rings. The van der Waals surface area contributed by atoms with Gasteiger partial charge < -0.3 is 9.84 Å². The van der Waals surface area contributed by atoms with Crippen LogP contribution in [0.5, 0.6) is 0 Å². The Hall–Kier alpha value is -0.900. The minimum absolute atomic E-state index is 0.205. The number of nitrogens with zero attached hydrogens (tertiary/aromatic N) is 1. The largest absolute Gasteiger partial charge is 0.442 e. The lowest BCUT2D eigenvalue weighted by Gasteiger charge is -2.22. The smallest absolute Gasteiger partial charge is 0.433 e. The van der Waals surface area contributed by atoms with Crippen LogP contribution in [0.3, 0.4) is 0 Å². The van der Waals surface area contributed by atoms with E-state index >= 15 is 0 Å². The van der Waals surface area contributed by atoms with Crippen LogP contribution in [0.4, 0.5) is 4.79 Å². The van der Waals surface area contributed by atoms with Gasteiger partial charge in [-0.2, -0.15) is 4.99 Å². The molecule has 0 spiro atoms. The summed E-state index contributed by atoms with van der Waals surface area (Å²) in [5.41, 5.74) is -0.500. The fourth-order valence-electron chi connectivity index (χ4n) is 1.79. The Morgan fingerprint density at radius 3 is 2.69 bits per heavy atom. The molecular weight excluding hydrogens is 206 g/mol. The Morgan fingerprint density at radius 2 is 2.12 bits per heavy atom. The molecule has 0 aromatic carbocycles. The molecule has 0 aliphatic heterocycles. The molecule has 0 aromatic heterocycles. The highest BCUT2D eigenvalue weighted by Gasteiger charge is 2.19. The molecule has 0 radical (unpaired) electrons. The summed E-state index contributed by atoms with van der Waals surface area (Å²) in [6.45, 7) is 5.43. The first kappa shape index (κ1) is 13.2. The van der Waals surface area contributed by atoms with E-state index in [1.165, 1.54) is 0 Å². The molecule has 2 atom stereocenters. The Bertz CT molecular complexity index is 268. The number of ether oxygens (including phenoxy) is 1. The van der Waals surface area contributed by atoms with Gasteiger partial charge in [-0.05, 0) is 46.0 Å². The highest BCUT2D eigenvalue weighted by molar-refractivity contribution is 5.80. The van der Waals surface area contributed by atoms with Gasteiger partial charge in [0, 0.05) is 6.21 Å². The molecule has 92 valence electrons. The van der Waals surface area contributed by atoms with Crippen molar-refractivity contribution in [3.05, 3.63) is 0 Å². The SMILES string of the molecule is CC(C)(C)OC(=O)N=CC1CCC[C@@H](O)C1. The molecule has 1 unspecified atom stereocenters. The maximum atomic E-state index is 11.3. The maximum Gasteiger partial charge on any atom is 0.433 e. The lowest BCUT2D eigenvalue weighted by Crippen LogP contribution is -2.23. The van der Waals surface area contributed by atoms with Crippen LogP contribution in [-0.2, 0) is 4.74 Å². The molecule has 4 heteroatoms. The lowest BCUT2D eigenvalue weighted by atomic mass is 9.88. The molecule has 16 heavy (non-hydrogen) atoms. The second-order valence-corrected chi connectivity index (χ2v) is 5.34. The Balaban J connectivity index is 2.38. The number of carbonyl (C=O) groups is 1. The highest BCUT2D eigenvalue weighted by Crippen LogP contribution is 2.22. The van der Waals surface area contributed by atoms with Crippen molar-refractivity contribution in [2.75, 3.05) is 0 Å². The Labute approximate surface area is 96.7 Å². The van der Waals surface area contributed by atoms with Gasteiger partial charge in [-0.25, -0.2) is 4.79 Å². The number of amides is 1. The normalized spacial score (nSPS) is 27.0. The molecule has 1 fully saturated rings. The monoisotopic (exact) mass is 227 g/mol. The number of aliphatic imine (C=N–C) groups is 1. The summed E-state index contributed by atoms with van der Waals surface area (Å²) in [5, 5.41) is 9.45. The number of rotatable bonds is 1.